The molecule has 0 fully saturated rings. The minimum atomic E-state index is -0.177. The highest BCUT2D eigenvalue weighted by Crippen LogP contribution is 2.38. The molecule has 0 spiro atoms. The van der Waals surface area contributed by atoms with Crippen molar-refractivity contribution in [2.75, 3.05) is 19.4 Å². The first-order valence-electron chi connectivity index (χ1n) is 10.4. The summed E-state index contributed by atoms with van der Waals surface area (Å²) in [5.41, 5.74) is 7.57. The molecule has 2 amide bonds. The first kappa shape index (κ1) is 20.3. The van der Waals surface area contributed by atoms with Crippen molar-refractivity contribution in [1.82, 2.24) is 19.4 Å². The quantitative estimate of drug-likeness (QED) is 0.727. The smallest absolute Gasteiger partial charge is 0.307 e. The number of fused-ring (bicyclic) bond motifs is 2. The molecule has 6 nitrogen and oxygen atoms in total. The van der Waals surface area contributed by atoms with Crippen molar-refractivity contribution in [3.63, 3.8) is 0 Å². The Hall–Kier alpha value is -1.99. The zero-order chi connectivity index (χ0) is 20.8. The molecule has 0 saturated carbocycles. The average molecular weight is 414 g/mol. The van der Waals surface area contributed by atoms with Crippen LogP contribution in [0.5, 0.6) is 0 Å². The average Bonchev–Trinajstić information content (AvgIpc) is 3.38. The summed E-state index contributed by atoms with van der Waals surface area (Å²) in [5, 5.41) is 8.52. The molecule has 2 aliphatic rings. The minimum absolute atomic E-state index is 0.145. The number of aromatic nitrogens is 2. The molecule has 0 bridgehead atoms. The molecule has 1 aromatic heterocycles. The van der Waals surface area contributed by atoms with Gasteiger partial charge in [0.25, 0.3) is 0 Å². The van der Waals surface area contributed by atoms with Crippen molar-refractivity contribution >= 4 is 23.7 Å². The van der Waals surface area contributed by atoms with E-state index in [-0.39, 0.29) is 11.6 Å². The molecule has 156 valence electrons. The molecule has 0 atom stereocenters. The van der Waals surface area contributed by atoms with E-state index in [4.69, 9.17) is 0 Å². The lowest BCUT2D eigenvalue weighted by molar-refractivity contribution is 0.185. The van der Waals surface area contributed by atoms with Crippen LogP contribution in [0.3, 0.4) is 0 Å². The maximum absolute atomic E-state index is 12.7. The van der Waals surface area contributed by atoms with Gasteiger partial charge in [-0.1, -0.05) is 6.07 Å². The van der Waals surface area contributed by atoms with E-state index in [1.807, 2.05) is 17.8 Å². The topological polar surface area (TPSA) is 62.2 Å². The Morgan fingerprint density at radius 1 is 1.10 bits per heavy atom. The molecule has 2 aliphatic carbocycles. The summed E-state index contributed by atoms with van der Waals surface area (Å²) in [7, 11) is 6.06. The van der Waals surface area contributed by atoms with E-state index < -0.39 is 0 Å². The predicted octanol–water partition coefficient (Wildman–Crippen LogP) is 4.02. The van der Waals surface area contributed by atoms with Gasteiger partial charge in [0.15, 0.2) is 0 Å². The van der Waals surface area contributed by atoms with Gasteiger partial charge in [0.05, 0.1) is 11.2 Å². The number of carbonyl (C=O) groups excluding carboxylic acids is 1. The van der Waals surface area contributed by atoms with Gasteiger partial charge in [0.2, 0.25) is 0 Å². The third-order valence-electron chi connectivity index (χ3n) is 6.56. The second-order valence-electron chi connectivity index (χ2n) is 8.84. The standard InChI is InChI=1S/C22H31N5OS/c1-22(2,26(3)4)18-13-19(24-27(18)5)29-25-21(28)23-20-16-10-6-8-14(16)12-15-9-7-11-17(15)20/h12-13H,6-11H2,1-5H3,(H2,23,25,28). The number of hydrogen-bond donors (Lipinski definition) is 2. The van der Waals surface area contributed by atoms with E-state index in [2.05, 4.69) is 54.0 Å². The van der Waals surface area contributed by atoms with Crippen LogP contribution >= 0.6 is 11.9 Å². The summed E-state index contributed by atoms with van der Waals surface area (Å²) in [6.07, 6.45) is 6.75. The van der Waals surface area contributed by atoms with Crippen LogP contribution in [0, 0.1) is 0 Å². The van der Waals surface area contributed by atoms with E-state index in [1.54, 1.807) is 0 Å². The van der Waals surface area contributed by atoms with Crippen molar-refractivity contribution < 1.29 is 4.79 Å². The van der Waals surface area contributed by atoms with Gasteiger partial charge >= 0.3 is 6.03 Å². The number of benzene rings is 1. The molecule has 0 unspecified atom stereocenters. The maximum Gasteiger partial charge on any atom is 0.329 e. The molecule has 2 N–H and O–H groups in total. The van der Waals surface area contributed by atoms with Crippen LogP contribution in [0.4, 0.5) is 10.5 Å². The van der Waals surface area contributed by atoms with E-state index in [0.29, 0.717) is 0 Å². The fourth-order valence-corrected chi connectivity index (χ4v) is 5.08. The van der Waals surface area contributed by atoms with Crippen LogP contribution in [0.15, 0.2) is 17.2 Å². The number of rotatable bonds is 5. The largest absolute Gasteiger partial charge is 0.329 e. The van der Waals surface area contributed by atoms with Gasteiger partial charge in [-0.05, 0) is 94.8 Å². The van der Waals surface area contributed by atoms with Gasteiger partial charge in [-0.15, -0.1) is 0 Å². The zero-order valence-electron chi connectivity index (χ0n) is 18.1. The van der Waals surface area contributed by atoms with Crippen LogP contribution in [0.1, 0.15) is 54.6 Å². The second kappa shape index (κ2) is 7.69. The Morgan fingerprint density at radius 3 is 2.31 bits per heavy atom. The van der Waals surface area contributed by atoms with Gasteiger partial charge in [0.1, 0.15) is 5.03 Å². The van der Waals surface area contributed by atoms with Gasteiger partial charge in [-0.3, -0.25) is 14.3 Å². The number of nitrogens with zero attached hydrogens (tertiary/aromatic N) is 3. The number of hydrogen-bond acceptors (Lipinski definition) is 4. The number of nitrogens with one attached hydrogen (secondary N) is 2. The summed E-state index contributed by atoms with van der Waals surface area (Å²) >= 11 is 1.26. The van der Waals surface area contributed by atoms with Gasteiger partial charge in [-0.2, -0.15) is 5.10 Å². The van der Waals surface area contributed by atoms with Crippen molar-refractivity contribution in [2.45, 2.75) is 62.9 Å². The molecule has 1 heterocycles. The van der Waals surface area contributed by atoms with Crippen LogP contribution in [0.25, 0.3) is 0 Å². The molecule has 4 rings (SSSR count). The van der Waals surface area contributed by atoms with Gasteiger partial charge < -0.3 is 5.32 Å². The lowest BCUT2D eigenvalue weighted by Crippen LogP contribution is -2.37. The highest BCUT2D eigenvalue weighted by Gasteiger charge is 2.28. The summed E-state index contributed by atoms with van der Waals surface area (Å²) in [4.78, 5) is 14.9. The lowest BCUT2D eigenvalue weighted by Gasteiger charge is -2.32. The Bertz CT molecular complexity index is 915. The maximum atomic E-state index is 12.7. The number of aryl methyl sites for hydroxylation is 3. The molecule has 1 aromatic carbocycles. The summed E-state index contributed by atoms with van der Waals surface area (Å²) in [5.74, 6) is 0. The van der Waals surface area contributed by atoms with Crippen molar-refractivity contribution in [3.8, 4) is 0 Å². The van der Waals surface area contributed by atoms with Crippen molar-refractivity contribution in [2.24, 2.45) is 7.05 Å². The second-order valence-corrected chi connectivity index (χ2v) is 9.66. The first-order chi connectivity index (χ1) is 13.8. The Kier molecular flexibility index (Phi) is 5.38. The van der Waals surface area contributed by atoms with E-state index >= 15 is 0 Å². The Balaban J connectivity index is 1.46. The summed E-state index contributed by atoms with van der Waals surface area (Å²) in [6, 6.07) is 4.25. The molecular formula is C22H31N5OS. The highest BCUT2D eigenvalue weighted by atomic mass is 32.2. The van der Waals surface area contributed by atoms with Gasteiger partial charge in [0, 0.05) is 24.7 Å². The molecule has 0 radical (unpaired) electrons. The van der Waals surface area contributed by atoms with Crippen molar-refractivity contribution in [3.05, 3.63) is 40.1 Å². The highest BCUT2D eigenvalue weighted by molar-refractivity contribution is 7.97. The van der Waals surface area contributed by atoms with Crippen LogP contribution in [-0.2, 0) is 38.3 Å². The number of amides is 2. The fourth-order valence-electron chi connectivity index (χ4n) is 4.50. The number of carbonyl (C=O) groups is 1. The minimum Gasteiger partial charge on any atom is -0.307 e. The summed E-state index contributed by atoms with van der Waals surface area (Å²) in [6.45, 7) is 4.32. The van der Waals surface area contributed by atoms with E-state index in [0.717, 1.165) is 42.1 Å². The van der Waals surface area contributed by atoms with Crippen LogP contribution in [0.2, 0.25) is 0 Å². The molecule has 2 aromatic rings. The predicted molar refractivity (Wildman–Crippen MR) is 118 cm³/mol. The number of urea groups is 1. The molecule has 0 saturated heterocycles. The van der Waals surface area contributed by atoms with E-state index in [9.17, 15) is 4.79 Å². The van der Waals surface area contributed by atoms with Gasteiger partial charge in [-0.25, -0.2) is 4.79 Å². The first-order valence-corrected chi connectivity index (χ1v) is 11.2. The Morgan fingerprint density at radius 2 is 1.72 bits per heavy atom. The molecular weight excluding hydrogens is 382 g/mol. The SMILES string of the molecule is CN(C)C(C)(C)c1cc(SNC(=O)Nc2c3c(cc4c2CCC4)CCC3)nn1C. The molecule has 29 heavy (non-hydrogen) atoms. The monoisotopic (exact) mass is 413 g/mol. The molecule has 7 heteroatoms. The number of anilines is 1. The van der Waals surface area contributed by atoms with Crippen LogP contribution in [-0.4, -0.2) is 34.8 Å². The zero-order valence-corrected chi connectivity index (χ0v) is 18.9. The normalized spacial score (nSPS) is 15.5. The molecule has 0 aliphatic heterocycles. The third kappa shape index (κ3) is 3.78. The van der Waals surface area contributed by atoms with Crippen molar-refractivity contribution in [1.29, 1.82) is 0 Å². The van der Waals surface area contributed by atoms with E-state index in [1.165, 1.54) is 47.0 Å². The third-order valence-corrected chi connectivity index (χ3v) is 7.26. The Labute approximate surface area is 177 Å². The fraction of sp³-hybridized carbons (Fsp3) is 0.545. The lowest BCUT2D eigenvalue weighted by atomic mass is 9.99. The summed E-state index contributed by atoms with van der Waals surface area (Å²) < 4.78 is 4.82. The van der Waals surface area contributed by atoms with Crippen LogP contribution < -0.4 is 10.0 Å².